The lowest BCUT2D eigenvalue weighted by Crippen LogP contribution is -1.95. The number of H-pyrrole nitrogens is 1. The molecule has 0 atom stereocenters. The van der Waals surface area contributed by atoms with Gasteiger partial charge in [0.25, 0.3) is 5.56 Å². The molecule has 0 saturated heterocycles. The summed E-state index contributed by atoms with van der Waals surface area (Å²) in [5, 5.41) is 0.833. The molecule has 10 heavy (non-hydrogen) atoms. The maximum atomic E-state index is 10.9. The van der Waals surface area contributed by atoms with E-state index in [9.17, 15) is 4.79 Å². The van der Waals surface area contributed by atoms with Crippen molar-refractivity contribution < 1.29 is 0 Å². The number of aromatic nitrogens is 2. The molecule has 2 aromatic rings. The Hall–Kier alpha value is -0.390. The topological polar surface area (TPSA) is 45.8 Å². The molecule has 0 bridgehead atoms. The van der Waals surface area contributed by atoms with Gasteiger partial charge in [-0.05, 0) is 23.1 Å². The molecule has 1 N–H and O–H groups in total. The predicted octanol–water partition coefficient (Wildman–Crippen LogP) is 1.70. The molecule has 2 heterocycles. The second kappa shape index (κ2) is 2.05. The number of rotatable bonds is 0. The van der Waals surface area contributed by atoms with Gasteiger partial charge in [-0.1, -0.05) is 11.6 Å². The largest absolute Gasteiger partial charge is 0.276 e. The summed E-state index contributed by atoms with van der Waals surface area (Å²) < 4.78 is 7.24. The van der Waals surface area contributed by atoms with E-state index in [0.717, 1.165) is 4.01 Å². The van der Waals surface area contributed by atoms with Crippen molar-refractivity contribution >= 4 is 44.1 Å². The number of hydrogen-bond donors (Lipinski definition) is 1. The Morgan fingerprint density at radius 1 is 1.60 bits per heavy atom. The van der Waals surface area contributed by atoms with Gasteiger partial charge in [-0.2, -0.15) is 4.37 Å². The van der Waals surface area contributed by atoms with Crippen LogP contribution in [-0.2, 0) is 0 Å². The fourth-order valence-corrected chi connectivity index (χ4v) is 2.55. The molecule has 0 spiro atoms. The highest BCUT2D eigenvalue weighted by Crippen LogP contribution is 2.25. The van der Waals surface area contributed by atoms with Gasteiger partial charge in [-0.3, -0.25) is 9.17 Å². The predicted molar refractivity (Wildman–Crippen MR) is 43.1 cm³/mol. The van der Waals surface area contributed by atoms with Crippen LogP contribution in [0.1, 0.15) is 0 Å². The average Bonchev–Trinajstić information content (AvgIpc) is 2.40. The van der Waals surface area contributed by atoms with Crippen LogP contribution in [0.15, 0.2) is 4.79 Å². The molecule has 0 aromatic carbocycles. The van der Waals surface area contributed by atoms with Gasteiger partial charge >= 0.3 is 0 Å². The van der Waals surface area contributed by atoms with E-state index in [4.69, 9.17) is 11.6 Å². The number of hydrogen-bond acceptors (Lipinski definition) is 4. The van der Waals surface area contributed by atoms with Gasteiger partial charge in [-0.25, -0.2) is 0 Å². The van der Waals surface area contributed by atoms with Gasteiger partial charge in [0, 0.05) is 0 Å². The van der Waals surface area contributed by atoms with Crippen molar-refractivity contribution in [2.45, 2.75) is 0 Å². The highest BCUT2D eigenvalue weighted by molar-refractivity contribution is 7.33. The quantitative estimate of drug-likeness (QED) is 0.691. The van der Waals surface area contributed by atoms with Crippen molar-refractivity contribution in [2.24, 2.45) is 0 Å². The van der Waals surface area contributed by atoms with Crippen molar-refractivity contribution in [3.8, 4) is 0 Å². The summed E-state index contributed by atoms with van der Waals surface area (Å²) in [7, 11) is 0. The van der Waals surface area contributed by atoms with Crippen LogP contribution >= 0.6 is 34.7 Å². The number of nitrogens with zero attached hydrogens (tertiary/aromatic N) is 1. The molecule has 0 amide bonds. The molecule has 2 rings (SSSR count). The Balaban J connectivity index is 3.12. The molecule has 0 radical (unpaired) electrons. The van der Waals surface area contributed by atoms with E-state index in [1.807, 2.05) is 0 Å². The third-order valence-electron chi connectivity index (χ3n) is 1.08. The van der Waals surface area contributed by atoms with Crippen molar-refractivity contribution in [1.82, 2.24) is 8.75 Å². The average molecular weight is 193 g/mol. The fourth-order valence-electron chi connectivity index (χ4n) is 0.657. The van der Waals surface area contributed by atoms with Crippen LogP contribution in [0.4, 0.5) is 0 Å². The summed E-state index contributed by atoms with van der Waals surface area (Å²) >= 11 is 8.11. The SMILES string of the molecule is O=c1[nH]sc2snc(Cl)c12. The minimum Gasteiger partial charge on any atom is -0.276 e. The number of halogens is 1. The van der Waals surface area contributed by atoms with Gasteiger partial charge in [0.15, 0.2) is 5.15 Å². The third-order valence-corrected chi connectivity index (χ3v) is 3.25. The first-order valence-corrected chi connectivity index (χ1v) is 4.38. The Morgan fingerprint density at radius 3 is 3.10 bits per heavy atom. The smallest absolute Gasteiger partial charge is 0.270 e. The van der Waals surface area contributed by atoms with Crippen LogP contribution in [0.2, 0.25) is 5.15 Å². The monoisotopic (exact) mass is 192 g/mol. The molecule has 0 fully saturated rings. The van der Waals surface area contributed by atoms with Crippen LogP contribution < -0.4 is 5.56 Å². The van der Waals surface area contributed by atoms with Crippen LogP contribution in [-0.4, -0.2) is 8.75 Å². The number of nitrogens with one attached hydrogen (secondary N) is 1. The van der Waals surface area contributed by atoms with Crippen LogP contribution in [0.3, 0.4) is 0 Å². The molecule has 52 valence electrons. The lowest BCUT2D eigenvalue weighted by Gasteiger charge is -1.69. The zero-order valence-electron chi connectivity index (χ0n) is 4.55. The zero-order valence-corrected chi connectivity index (χ0v) is 6.94. The normalized spacial score (nSPS) is 10.9. The number of aromatic amines is 1. The van der Waals surface area contributed by atoms with Gasteiger partial charge in [0.05, 0.1) is 0 Å². The first-order chi connectivity index (χ1) is 4.79. The first kappa shape index (κ1) is 6.33. The first-order valence-electron chi connectivity index (χ1n) is 2.41. The van der Waals surface area contributed by atoms with Gasteiger partial charge in [0.2, 0.25) is 0 Å². The van der Waals surface area contributed by atoms with Crippen molar-refractivity contribution in [3.63, 3.8) is 0 Å². The summed E-state index contributed by atoms with van der Waals surface area (Å²) in [6.45, 7) is 0. The molecule has 0 aliphatic heterocycles. The molecular weight excluding hydrogens is 192 g/mol. The van der Waals surface area contributed by atoms with Crippen LogP contribution in [0, 0.1) is 0 Å². The Kier molecular flexibility index (Phi) is 1.29. The summed E-state index contributed by atoms with van der Waals surface area (Å²) in [6.07, 6.45) is 0. The minimum absolute atomic E-state index is 0.140. The molecule has 0 aliphatic rings. The van der Waals surface area contributed by atoms with Crippen LogP contribution in [0.5, 0.6) is 0 Å². The van der Waals surface area contributed by atoms with E-state index in [2.05, 4.69) is 8.75 Å². The van der Waals surface area contributed by atoms with E-state index >= 15 is 0 Å². The second-order valence-electron chi connectivity index (χ2n) is 1.67. The maximum absolute atomic E-state index is 10.9. The van der Waals surface area contributed by atoms with Crippen molar-refractivity contribution in [3.05, 3.63) is 15.5 Å². The van der Waals surface area contributed by atoms with E-state index < -0.39 is 0 Å². The molecule has 0 aliphatic carbocycles. The highest BCUT2D eigenvalue weighted by atomic mass is 35.5. The Labute approximate surface area is 68.6 Å². The van der Waals surface area contributed by atoms with Crippen molar-refractivity contribution in [2.75, 3.05) is 0 Å². The summed E-state index contributed by atoms with van der Waals surface area (Å²) in [4.78, 5) is 10.9. The van der Waals surface area contributed by atoms with Crippen molar-refractivity contribution in [1.29, 1.82) is 0 Å². The third kappa shape index (κ3) is 0.712. The van der Waals surface area contributed by atoms with E-state index in [1.54, 1.807) is 0 Å². The molecule has 6 heteroatoms. The van der Waals surface area contributed by atoms with Gasteiger partial charge in [-0.15, -0.1) is 0 Å². The zero-order chi connectivity index (χ0) is 7.14. The van der Waals surface area contributed by atoms with E-state index in [1.165, 1.54) is 23.1 Å². The summed E-state index contributed by atoms with van der Waals surface area (Å²) in [6, 6.07) is 0. The fraction of sp³-hybridized carbons (Fsp3) is 0. The highest BCUT2D eigenvalue weighted by Gasteiger charge is 2.08. The van der Waals surface area contributed by atoms with Gasteiger partial charge < -0.3 is 0 Å². The molecular formula is C4HClN2OS2. The summed E-state index contributed by atoms with van der Waals surface area (Å²) in [5.41, 5.74) is -0.140. The maximum Gasteiger partial charge on any atom is 0.270 e. The minimum atomic E-state index is -0.140. The molecule has 3 nitrogen and oxygen atoms in total. The Bertz CT molecular complexity index is 414. The van der Waals surface area contributed by atoms with Gasteiger partial charge in [0.1, 0.15) is 9.40 Å². The summed E-state index contributed by atoms with van der Waals surface area (Å²) in [5.74, 6) is 0. The lowest BCUT2D eigenvalue weighted by atomic mass is 10.5. The molecule has 0 saturated carbocycles. The second-order valence-corrected chi connectivity index (χ2v) is 3.88. The Morgan fingerprint density at radius 2 is 2.40 bits per heavy atom. The van der Waals surface area contributed by atoms with E-state index in [0.29, 0.717) is 10.5 Å². The van der Waals surface area contributed by atoms with Crippen LogP contribution in [0.25, 0.3) is 9.40 Å². The standard InChI is InChI=1S/C4HClN2OS2/c5-2-1-3(8)7-10-4(1)9-6-2/h(H,7,8). The molecule has 0 unspecified atom stereocenters. The number of fused-ring (bicyclic) bond motifs is 1. The lowest BCUT2D eigenvalue weighted by molar-refractivity contribution is 1.45. The molecule has 2 aromatic heterocycles. The van der Waals surface area contributed by atoms with E-state index in [-0.39, 0.29) is 5.56 Å².